The summed E-state index contributed by atoms with van der Waals surface area (Å²) >= 11 is 0. The summed E-state index contributed by atoms with van der Waals surface area (Å²) in [4.78, 5) is 2.25. The Bertz CT molecular complexity index is 343. The van der Waals surface area contributed by atoms with Gasteiger partial charge in [-0.25, -0.2) is 12.7 Å². The third-order valence-corrected chi connectivity index (χ3v) is 5.35. The van der Waals surface area contributed by atoms with E-state index in [1.807, 2.05) is 13.8 Å². The zero-order valence-electron chi connectivity index (χ0n) is 12.0. The van der Waals surface area contributed by atoms with E-state index in [0.29, 0.717) is 25.2 Å². The second kappa shape index (κ2) is 6.84. The molecule has 1 rings (SSSR count). The van der Waals surface area contributed by atoms with Gasteiger partial charge in [0.05, 0.1) is 5.75 Å². The minimum absolute atomic E-state index is 0.179. The fraction of sp³-hybridized carbons (Fsp3) is 1.00. The van der Waals surface area contributed by atoms with Gasteiger partial charge in [0.1, 0.15) is 0 Å². The molecule has 5 nitrogen and oxygen atoms in total. The Hall–Kier alpha value is -0.170. The summed E-state index contributed by atoms with van der Waals surface area (Å²) in [5, 5.41) is 3.14. The Morgan fingerprint density at radius 2 is 2.11 bits per heavy atom. The van der Waals surface area contributed by atoms with Gasteiger partial charge in [0.15, 0.2) is 0 Å². The molecule has 1 atom stereocenters. The van der Waals surface area contributed by atoms with Crippen molar-refractivity contribution in [1.29, 1.82) is 0 Å². The van der Waals surface area contributed by atoms with E-state index in [-0.39, 0.29) is 5.75 Å². The molecule has 0 saturated carbocycles. The number of nitrogens with zero attached hydrogens (tertiary/aromatic N) is 2. The number of likely N-dealkylation sites (tertiary alicyclic amines) is 1. The molecule has 0 aromatic rings. The van der Waals surface area contributed by atoms with Gasteiger partial charge < -0.3 is 10.2 Å². The van der Waals surface area contributed by atoms with Crippen LogP contribution < -0.4 is 5.32 Å². The van der Waals surface area contributed by atoms with Crippen LogP contribution in [0.25, 0.3) is 0 Å². The first-order valence-corrected chi connectivity index (χ1v) is 8.31. The van der Waals surface area contributed by atoms with Gasteiger partial charge in [-0.1, -0.05) is 13.8 Å². The molecule has 1 fully saturated rings. The highest BCUT2D eigenvalue weighted by molar-refractivity contribution is 7.89. The van der Waals surface area contributed by atoms with Crippen molar-refractivity contribution in [3.63, 3.8) is 0 Å². The third kappa shape index (κ3) is 4.84. The van der Waals surface area contributed by atoms with Crippen molar-refractivity contribution in [2.75, 3.05) is 39.5 Å². The van der Waals surface area contributed by atoms with E-state index < -0.39 is 10.0 Å². The highest BCUT2D eigenvalue weighted by Gasteiger charge is 2.26. The van der Waals surface area contributed by atoms with Crippen molar-refractivity contribution in [2.45, 2.75) is 38.8 Å². The second-order valence-electron chi connectivity index (χ2n) is 5.48. The van der Waals surface area contributed by atoms with Crippen LogP contribution in [-0.4, -0.2) is 69.2 Å². The molecule has 1 aliphatic rings. The van der Waals surface area contributed by atoms with Gasteiger partial charge in [0.25, 0.3) is 0 Å². The number of rotatable bonds is 7. The molecular weight excluding hydrogens is 250 g/mol. The van der Waals surface area contributed by atoms with Gasteiger partial charge >= 0.3 is 0 Å². The minimum Gasteiger partial charge on any atom is -0.313 e. The van der Waals surface area contributed by atoms with Crippen molar-refractivity contribution < 1.29 is 8.42 Å². The SMILES string of the molecule is CC(C)NCCS(=O)(=O)N(C)CC1CCCN1C. The Morgan fingerprint density at radius 1 is 1.44 bits per heavy atom. The smallest absolute Gasteiger partial charge is 0.215 e. The lowest BCUT2D eigenvalue weighted by molar-refractivity contribution is 0.271. The summed E-state index contributed by atoms with van der Waals surface area (Å²) < 4.78 is 25.7. The van der Waals surface area contributed by atoms with Crippen LogP contribution in [0.2, 0.25) is 0 Å². The number of hydrogen-bond acceptors (Lipinski definition) is 4. The van der Waals surface area contributed by atoms with Crippen molar-refractivity contribution >= 4 is 10.0 Å². The molecule has 1 heterocycles. The molecule has 0 aromatic carbocycles. The summed E-state index contributed by atoms with van der Waals surface area (Å²) in [6.07, 6.45) is 2.27. The summed E-state index contributed by atoms with van der Waals surface area (Å²) in [6.45, 7) is 6.24. The fourth-order valence-corrected chi connectivity index (χ4v) is 3.34. The summed E-state index contributed by atoms with van der Waals surface area (Å²) in [7, 11) is 0.637. The maximum atomic E-state index is 12.1. The normalized spacial score (nSPS) is 22.2. The molecule has 1 aliphatic heterocycles. The monoisotopic (exact) mass is 277 g/mol. The first-order valence-electron chi connectivity index (χ1n) is 6.70. The maximum Gasteiger partial charge on any atom is 0.215 e. The molecule has 0 bridgehead atoms. The Balaban J connectivity index is 2.41. The Kier molecular flexibility index (Phi) is 6.04. The average Bonchev–Trinajstić information content (AvgIpc) is 2.63. The van der Waals surface area contributed by atoms with Crippen molar-refractivity contribution in [3.8, 4) is 0 Å². The van der Waals surface area contributed by atoms with Crippen LogP contribution >= 0.6 is 0 Å². The molecule has 1 N–H and O–H groups in total. The Morgan fingerprint density at radius 3 is 2.61 bits per heavy atom. The van der Waals surface area contributed by atoms with E-state index in [0.717, 1.165) is 13.0 Å². The van der Waals surface area contributed by atoms with Crippen LogP contribution in [-0.2, 0) is 10.0 Å². The lowest BCUT2D eigenvalue weighted by Gasteiger charge is -2.25. The van der Waals surface area contributed by atoms with E-state index in [4.69, 9.17) is 0 Å². The molecule has 6 heteroatoms. The van der Waals surface area contributed by atoms with Gasteiger partial charge in [0.2, 0.25) is 10.0 Å². The largest absolute Gasteiger partial charge is 0.313 e. The predicted molar refractivity (Wildman–Crippen MR) is 75.2 cm³/mol. The Labute approximate surface area is 112 Å². The maximum absolute atomic E-state index is 12.1. The lowest BCUT2D eigenvalue weighted by atomic mass is 10.2. The quantitative estimate of drug-likeness (QED) is 0.729. The highest BCUT2D eigenvalue weighted by atomic mass is 32.2. The lowest BCUT2D eigenvalue weighted by Crippen LogP contribution is -2.42. The van der Waals surface area contributed by atoms with Gasteiger partial charge in [0, 0.05) is 32.2 Å². The van der Waals surface area contributed by atoms with Crippen LogP contribution in [0.3, 0.4) is 0 Å². The van der Waals surface area contributed by atoms with Gasteiger partial charge in [-0.2, -0.15) is 0 Å². The summed E-state index contributed by atoms with van der Waals surface area (Å²) in [5.41, 5.74) is 0. The number of hydrogen-bond donors (Lipinski definition) is 1. The number of nitrogens with one attached hydrogen (secondary N) is 1. The summed E-state index contributed by atoms with van der Waals surface area (Å²) in [6, 6.07) is 0.703. The van der Waals surface area contributed by atoms with E-state index in [1.54, 1.807) is 7.05 Å². The molecule has 108 valence electrons. The predicted octanol–water partition coefficient (Wildman–Crippen LogP) is 0.340. The zero-order chi connectivity index (χ0) is 13.8. The van der Waals surface area contributed by atoms with Gasteiger partial charge in [-0.3, -0.25) is 0 Å². The molecule has 0 aromatic heterocycles. The van der Waals surface area contributed by atoms with Crippen LogP contribution in [0.5, 0.6) is 0 Å². The van der Waals surface area contributed by atoms with E-state index in [2.05, 4.69) is 17.3 Å². The van der Waals surface area contributed by atoms with Crippen molar-refractivity contribution in [2.24, 2.45) is 0 Å². The molecule has 1 saturated heterocycles. The molecule has 0 aliphatic carbocycles. The zero-order valence-corrected chi connectivity index (χ0v) is 12.8. The standard InChI is InChI=1S/C12H27N3O2S/c1-11(2)13-7-9-18(16,17)15(4)10-12-6-5-8-14(12)3/h11-13H,5-10H2,1-4H3. The van der Waals surface area contributed by atoms with Crippen LogP contribution in [0.4, 0.5) is 0 Å². The van der Waals surface area contributed by atoms with Crippen molar-refractivity contribution in [3.05, 3.63) is 0 Å². The van der Waals surface area contributed by atoms with Gasteiger partial charge in [-0.15, -0.1) is 0 Å². The minimum atomic E-state index is -3.12. The molecule has 0 radical (unpaired) electrons. The van der Waals surface area contributed by atoms with E-state index in [1.165, 1.54) is 10.7 Å². The average molecular weight is 277 g/mol. The molecule has 0 spiro atoms. The van der Waals surface area contributed by atoms with Crippen molar-refractivity contribution in [1.82, 2.24) is 14.5 Å². The first kappa shape index (κ1) is 15.9. The topological polar surface area (TPSA) is 52.7 Å². The molecular formula is C12H27N3O2S. The number of likely N-dealkylation sites (N-methyl/N-ethyl adjacent to an activating group) is 2. The number of sulfonamides is 1. The van der Waals surface area contributed by atoms with Crippen LogP contribution in [0, 0.1) is 0 Å². The first-order chi connectivity index (χ1) is 8.33. The fourth-order valence-electron chi connectivity index (χ4n) is 2.25. The van der Waals surface area contributed by atoms with E-state index in [9.17, 15) is 8.42 Å². The van der Waals surface area contributed by atoms with Gasteiger partial charge in [-0.05, 0) is 26.4 Å². The summed E-state index contributed by atoms with van der Waals surface area (Å²) in [5.74, 6) is 0.179. The van der Waals surface area contributed by atoms with Crippen LogP contribution in [0.1, 0.15) is 26.7 Å². The molecule has 1 unspecified atom stereocenters. The second-order valence-corrected chi connectivity index (χ2v) is 7.68. The van der Waals surface area contributed by atoms with E-state index >= 15 is 0 Å². The molecule has 18 heavy (non-hydrogen) atoms. The highest BCUT2D eigenvalue weighted by Crippen LogP contribution is 2.16. The van der Waals surface area contributed by atoms with Crippen LogP contribution in [0.15, 0.2) is 0 Å². The third-order valence-electron chi connectivity index (χ3n) is 3.53. The molecule has 0 amide bonds.